The van der Waals surface area contributed by atoms with E-state index in [1.54, 1.807) is 13.8 Å². The Bertz CT molecular complexity index is 594. The minimum Gasteiger partial charge on any atom is -0.311 e. The first-order valence-corrected chi connectivity index (χ1v) is 7.59. The normalized spacial score (nSPS) is 21.3. The molecule has 1 saturated heterocycles. The molecule has 0 spiro atoms. The molecule has 1 fully saturated rings. The van der Waals surface area contributed by atoms with E-state index in [1.807, 2.05) is 0 Å². The van der Waals surface area contributed by atoms with Gasteiger partial charge in [0, 0.05) is 25.1 Å². The third-order valence-corrected chi connectivity index (χ3v) is 5.06. The smallest absolute Gasteiger partial charge is 0.251 e. The van der Waals surface area contributed by atoms with Gasteiger partial charge in [-0.15, -0.1) is 0 Å². The molecule has 0 unspecified atom stereocenters. The zero-order chi connectivity index (χ0) is 13.3. The van der Waals surface area contributed by atoms with E-state index in [0.717, 1.165) is 6.42 Å². The van der Waals surface area contributed by atoms with Crippen LogP contribution < -0.4 is 5.56 Å². The highest BCUT2D eigenvalue weighted by atomic mass is 32.2. The van der Waals surface area contributed by atoms with Crippen LogP contribution in [0.4, 0.5) is 0 Å². The van der Waals surface area contributed by atoms with Crippen LogP contribution in [0.25, 0.3) is 0 Å². The Morgan fingerprint density at radius 2 is 2.28 bits per heavy atom. The van der Waals surface area contributed by atoms with Gasteiger partial charge in [-0.1, -0.05) is 0 Å². The van der Waals surface area contributed by atoms with Crippen molar-refractivity contribution >= 4 is 10.0 Å². The molecule has 6 nitrogen and oxygen atoms in total. The van der Waals surface area contributed by atoms with E-state index in [9.17, 15) is 13.2 Å². The van der Waals surface area contributed by atoms with Crippen molar-refractivity contribution < 1.29 is 8.42 Å². The van der Waals surface area contributed by atoms with Gasteiger partial charge in [-0.05, 0) is 20.3 Å². The van der Waals surface area contributed by atoms with Gasteiger partial charge in [0.05, 0.1) is 11.4 Å². The molecule has 0 amide bonds. The summed E-state index contributed by atoms with van der Waals surface area (Å²) in [5, 5.41) is 0. The zero-order valence-corrected chi connectivity index (χ0v) is 11.3. The number of hydrogen-bond donors (Lipinski definition) is 1. The second-order valence-electron chi connectivity index (χ2n) is 4.50. The fraction of sp³-hybridized carbons (Fsp3) is 0.636. The maximum absolute atomic E-state index is 11.7. The van der Waals surface area contributed by atoms with Crippen molar-refractivity contribution in [1.29, 1.82) is 0 Å². The molecule has 0 saturated carbocycles. The molecule has 1 aromatic heterocycles. The number of hydrogen-bond acceptors (Lipinski definition) is 4. The predicted octanol–water partition coefficient (Wildman–Crippen LogP) is 0.217. The summed E-state index contributed by atoms with van der Waals surface area (Å²) in [4.78, 5) is 18.2. The lowest BCUT2D eigenvalue weighted by atomic mass is 10.1. The SMILES string of the molecule is CCS(=O)(=O)N1CC[C@@H](c2cc(=O)[nH]c(C)n2)C1. The summed E-state index contributed by atoms with van der Waals surface area (Å²) in [6, 6.07) is 1.46. The molecule has 100 valence electrons. The number of sulfonamides is 1. The average Bonchev–Trinajstić information content (AvgIpc) is 2.77. The topological polar surface area (TPSA) is 83.1 Å². The van der Waals surface area contributed by atoms with Crippen molar-refractivity contribution in [2.75, 3.05) is 18.8 Å². The average molecular weight is 271 g/mol. The zero-order valence-electron chi connectivity index (χ0n) is 10.5. The van der Waals surface area contributed by atoms with Gasteiger partial charge in [0.15, 0.2) is 0 Å². The van der Waals surface area contributed by atoms with Crippen molar-refractivity contribution in [2.45, 2.75) is 26.2 Å². The number of aromatic amines is 1. The molecule has 2 rings (SSSR count). The maximum atomic E-state index is 11.7. The Hall–Kier alpha value is -1.21. The van der Waals surface area contributed by atoms with E-state index in [2.05, 4.69) is 9.97 Å². The fourth-order valence-electron chi connectivity index (χ4n) is 2.22. The van der Waals surface area contributed by atoms with Gasteiger partial charge >= 0.3 is 0 Å². The van der Waals surface area contributed by atoms with Crippen LogP contribution in [0.2, 0.25) is 0 Å². The van der Waals surface area contributed by atoms with Gasteiger partial charge in [0.1, 0.15) is 5.82 Å². The summed E-state index contributed by atoms with van der Waals surface area (Å²) in [5.74, 6) is 0.697. The molecule has 18 heavy (non-hydrogen) atoms. The molecule has 0 bridgehead atoms. The van der Waals surface area contributed by atoms with Gasteiger partial charge in [0.25, 0.3) is 5.56 Å². The number of H-pyrrole nitrogens is 1. The minimum absolute atomic E-state index is 0.0207. The molecule has 1 aliphatic heterocycles. The van der Waals surface area contributed by atoms with Gasteiger partial charge in [0.2, 0.25) is 10.0 Å². The third kappa shape index (κ3) is 2.62. The molecule has 1 aromatic rings. The van der Waals surface area contributed by atoms with Crippen LogP contribution in [0.1, 0.15) is 30.8 Å². The highest BCUT2D eigenvalue weighted by Crippen LogP contribution is 2.27. The molecule has 0 aromatic carbocycles. The van der Waals surface area contributed by atoms with Gasteiger partial charge < -0.3 is 4.98 Å². The third-order valence-electron chi connectivity index (χ3n) is 3.21. The van der Waals surface area contributed by atoms with E-state index < -0.39 is 10.0 Å². The Balaban J connectivity index is 2.21. The molecule has 7 heteroatoms. The first-order valence-electron chi connectivity index (χ1n) is 5.98. The lowest BCUT2D eigenvalue weighted by Gasteiger charge is -2.15. The Labute approximate surface area is 106 Å². The van der Waals surface area contributed by atoms with Gasteiger partial charge in [-0.3, -0.25) is 4.79 Å². The largest absolute Gasteiger partial charge is 0.311 e. The summed E-state index contributed by atoms with van der Waals surface area (Å²) >= 11 is 0. The number of aromatic nitrogens is 2. The van der Waals surface area contributed by atoms with Crippen molar-refractivity contribution in [2.24, 2.45) is 0 Å². The molecule has 2 heterocycles. The maximum Gasteiger partial charge on any atom is 0.251 e. The van der Waals surface area contributed by atoms with Crippen molar-refractivity contribution in [1.82, 2.24) is 14.3 Å². The van der Waals surface area contributed by atoms with Gasteiger partial charge in [-0.2, -0.15) is 0 Å². The summed E-state index contributed by atoms with van der Waals surface area (Å²) in [5.41, 5.74) is 0.499. The summed E-state index contributed by atoms with van der Waals surface area (Å²) in [6.07, 6.45) is 0.717. The van der Waals surface area contributed by atoms with E-state index in [1.165, 1.54) is 10.4 Å². The minimum atomic E-state index is -3.14. The van der Waals surface area contributed by atoms with Crippen LogP contribution in [-0.2, 0) is 10.0 Å². The predicted molar refractivity (Wildman–Crippen MR) is 68.0 cm³/mol. The quantitative estimate of drug-likeness (QED) is 0.852. The van der Waals surface area contributed by atoms with Crippen molar-refractivity contribution in [3.63, 3.8) is 0 Å². The Kier molecular flexibility index (Phi) is 3.54. The number of nitrogens with zero attached hydrogens (tertiary/aromatic N) is 2. The molecule has 0 radical (unpaired) electrons. The molecule has 1 aliphatic rings. The molecule has 1 N–H and O–H groups in total. The second-order valence-corrected chi connectivity index (χ2v) is 6.76. The van der Waals surface area contributed by atoms with Crippen LogP contribution in [0, 0.1) is 6.92 Å². The standard InChI is InChI=1S/C11H17N3O3S/c1-3-18(16,17)14-5-4-9(7-14)10-6-11(15)13-8(2)12-10/h6,9H,3-5,7H2,1-2H3,(H,12,13,15)/t9-/m1/s1. The van der Waals surface area contributed by atoms with Crippen LogP contribution in [0.5, 0.6) is 0 Å². The van der Waals surface area contributed by atoms with E-state index in [0.29, 0.717) is 24.6 Å². The molecular weight excluding hydrogens is 254 g/mol. The first kappa shape index (κ1) is 13.2. The van der Waals surface area contributed by atoms with Crippen molar-refractivity contribution in [3.05, 3.63) is 27.9 Å². The number of aryl methyl sites for hydroxylation is 1. The van der Waals surface area contributed by atoms with Crippen LogP contribution in [0.3, 0.4) is 0 Å². The first-order chi connectivity index (χ1) is 8.42. The van der Waals surface area contributed by atoms with Gasteiger partial charge in [-0.25, -0.2) is 17.7 Å². The summed E-state index contributed by atoms with van der Waals surface area (Å²) < 4.78 is 25.0. The van der Waals surface area contributed by atoms with E-state index in [4.69, 9.17) is 0 Å². The molecule has 0 aliphatic carbocycles. The monoisotopic (exact) mass is 271 g/mol. The highest BCUT2D eigenvalue weighted by Gasteiger charge is 2.31. The van der Waals surface area contributed by atoms with Crippen LogP contribution >= 0.6 is 0 Å². The van der Waals surface area contributed by atoms with Crippen molar-refractivity contribution in [3.8, 4) is 0 Å². The highest BCUT2D eigenvalue weighted by molar-refractivity contribution is 7.89. The molecular formula is C11H17N3O3S. The number of rotatable bonds is 3. The van der Waals surface area contributed by atoms with Crippen LogP contribution in [-0.4, -0.2) is 41.5 Å². The Morgan fingerprint density at radius 1 is 1.56 bits per heavy atom. The summed E-state index contributed by atoms with van der Waals surface area (Å²) in [7, 11) is -3.14. The molecule has 1 atom stereocenters. The fourth-order valence-corrected chi connectivity index (χ4v) is 3.37. The van der Waals surface area contributed by atoms with E-state index >= 15 is 0 Å². The van der Waals surface area contributed by atoms with Crippen LogP contribution in [0.15, 0.2) is 10.9 Å². The summed E-state index contributed by atoms with van der Waals surface area (Å²) in [6.45, 7) is 4.29. The second kappa shape index (κ2) is 4.81. The van der Waals surface area contributed by atoms with E-state index in [-0.39, 0.29) is 17.2 Å². The number of nitrogens with one attached hydrogen (secondary N) is 1. The lowest BCUT2D eigenvalue weighted by Crippen LogP contribution is -2.30. The lowest BCUT2D eigenvalue weighted by molar-refractivity contribution is 0.473. The Morgan fingerprint density at radius 3 is 2.89 bits per heavy atom.